The number of hydrogen-bond acceptors (Lipinski definition) is 3. The molecular formula is C11H18N2O2. The molecule has 0 bridgehead atoms. The lowest BCUT2D eigenvalue weighted by atomic mass is 9.93. The summed E-state index contributed by atoms with van der Waals surface area (Å²) < 4.78 is 6.71. The van der Waals surface area contributed by atoms with Crippen LogP contribution in [0.25, 0.3) is 0 Å². The molecule has 0 radical (unpaired) electrons. The van der Waals surface area contributed by atoms with Crippen LogP contribution in [0.2, 0.25) is 0 Å². The molecule has 0 aromatic carbocycles. The average Bonchev–Trinajstić information content (AvgIpc) is 2.49. The number of carbonyl (C=O) groups excluding carboxylic acids is 1. The van der Waals surface area contributed by atoms with Gasteiger partial charge in [0.25, 0.3) is 0 Å². The van der Waals surface area contributed by atoms with Crippen molar-refractivity contribution >= 4 is 5.97 Å². The number of carbonyl (C=O) groups is 1. The maximum absolute atomic E-state index is 11.5. The first-order valence-corrected chi connectivity index (χ1v) is 5.04. The van der Waals surface area contributed by atoms with Crippen LogP contribution >= 0.6 is 0 Å². The van der Waals surface area contributed by atoms with Gasteiger partial charge in [-0.05, 0) is 11.8 Å². The molecule has 0 saturated carbocycles. The largest absolute Gasteiger partial charge is 0.462 e. The zero-order valence-electron chi connectivity index (χ0n) is 9.78. The quantitative estimate of drug-likeness (QED) is 0.717. The molecule has 1 rings (SSSR count). The van der Waals surface area contributed by atoms with Gasteiger partial charge in [0.1, 0.15) is 0 Å². The highest BCUT2D eigenvalue weighted by molar-refractivity contribution is 5.88. The van der Waals surface area contributed by atoms with Gasteiger partial charge in [-0.2, -0.15) is 5.10 Å². The van der Waals surface area contributed by atoms with Crippen molar-refractivity contribution in [2.45, 2.75) is 27.2 Å². The summed E-state index contributed by atoms with van der Waals surface area (Å²) in [5.41, 5.74) is 0.696. The van der Waals surface area contributed by atoms with E-state index in [4.69, 9.17) is 4.74 Å². The van der Waals surface area contributed by atoms with Crippen LogP contribution < -0.4 is 0 Å². The van der Waals surface area contributed by atoms with Gasteiger partial charge in [0, 0.05) is 13.2 Å². The number of nitrogens with zero attached hydrogens (tertiary/aromatic N) is 2. The monoisotopic (exact) mass is 210 g/mol. The van der Waals surface area contributed by atoms with E-state index in [0.717, 1.165) is 6.42 Å². The molecule has 0 aliphatic heterocycles. The van der Waals surface area contributed by atoms with E-state index in [0.29, 0.717) is 12.2 Å². The number of aryl methyl sites for hydroxylation is 1. The van der Waals surface area contributed by atoms with Crippen molar-refractivity contribution in [1.82, 2.24) is 9.78 Å². The fourth-order valence-electron chi connectivity index (χ4n) is 1.06. The van der Waals surface area contributed by atoms with Crippen LogP contribution in [0.4, 0.5) is 0 Å². The van der Waals surface area contributed by atoms with Gasteiger partial charge in [0.05, 0.1) is 18.4 Å². The highest BCUT2D eigenvalue weighted by atomic mass is 16.5. The second-order valence-corrected chi connectivity index (χ2v) is 4.85. The fraction of sp³-hybridized carbons (Fsp3) is 0.636. The molecule has 1 aromatic heterocycles. The normalized spacial score (nSPS) is 11.5. The van der Waals surface area contributed by atoms with Crippen LogP contribution in [0.5, 0.6) is 0 Å². The number of hydrogen-bond donors (Lipinski definition) is 0. The van der Waals surface area contributed by atoms with Gasteiger partial charge >= 0.3 is 5.97 Å². The van der Waals surface area contributed by atoms with E-state index in [1.807, 2.05) is 0 Å². The Bertz CT molecular complexity index is 337. The van der Waals surface area contributed by atoms with Gasteiger partial charge in [-0.3, -0.25) is 4.68 Å². The molecule has 84 valence electrons. The van der Waals surface area contributed by atoms with E-state index in [1.165, 1.54) is 6.20 Å². The minimum atomic E-state index is -0.299. The van der Waals surface area contributed by atoms with E-state index in [1.54, 1.807) is 17.9 Å². The molecular weight excluding hydrogens is 192 g/mol. The molecule has 0 saturated heterocycles. The molecule has 1 heterocycles. The Labute approximate surface area is 90.2 Å². The number of ether oxygens (including phenoxy) is 1. The Morgan fingerprint density at radius 1 is 1.53 bits per heavy atom. The molecule has 0 aliphatic carbocycles. The Balaban J connectivity index is 2.37. The third-order valence-electron chi connectivity index (χ3n) is 2.03. The van der Waals surface area contributed by atoms with Crippen LogP contribution in [0.3, 0.4) is 0 Å². The van der Waals surface area contributed by atoms with Crippen molar-refractivity contribution in [1.29, 1.82) is 0 Å². The summed E-state index contributed by atoms with van der Waals surface area (Å²) in [4.78, 5) is 11.5. The first-order valence-electron chi connectivity index (χ1n) is 5.04. The summed E-state index contributed by atoms with van der Waals surface area (Å²) in [6.07, 6.45) is 4.03. The zero-order chi connectivity index (χ0) is 11.5. The molecule has 0 aliphatic rings. The first-order chi connectivity index (χ1) is 6.88. The summed E-state index contributed by atoms with van der Waals surface area (Å²) in [5.74, 6) is -0.299. The summed E-state index contributed by atoms with van der Waals surface area (Å²) >= 11 is 0. The van der Waals surface area contributed by atoms with E-state index in [9.17, 15) is 4.79 Å². The van der Waals surface area contributed by atoms with Gasteiger partial charge in [-0.15, -0.1) is 0 Å². The highest BCUT2D eigenvalue weighted by Crippen LogP contribution is 2.18. The van der Waals surface area contributed by atoms with E-state index < -0.39 is 0 Å². The Morgan fingerprint density at radius 2 is 2.20 bits per heavy atom. The van der Waals surface area contributed by atoms with E-state index in [-0.39, 0.29) is 11.4 Å². The molecule has 0 atom stereocenters. The van der Waals surface area contributed by atoms with Gasteiger partial charge < -0.3 is 4.74 Å². The van der Waals surface area contributed by atoms with Crippen molar-refractivity contribution in [3.8, 4) is 0 Å². The zero-order valence-corrected chi connectivity index (χ0v) is 9.78. The highest BCUT2D eigenvalue weighted by Gasteiger charge is 2.13. The molecule has 4 nitrogen and oxygen atoms in total. The predicted octanol–water partition coefficient (Wildman–Crippen LogP) is 2.01. The van der Waals surface area contributed by atoms with Crippen LogP contribution in [0.1, 0.15) is 37.6 Å². The van der Waals surface area contributed by atoms with Gasteiger partial charge in [-0.1, -0.05) is 20.8 Å². The Hall–Kier alpha value is -1.32. The van der Waals surface area contributed by atoms with Crippen molar-refractivity contribution in [2.24, 2.45) is 12.5 Å². The first kappa shape index (κ1) is 11.8. The Kier molecular flexibility index (Phi) is 3.50. The SMILES string of the molecule is Cn1cc(C(=O)OCCC(C)(C)C)cn1. The van der Waals surface area contributed by atoms with E-state index in [2.05, 4.69) is 25.9 Å². The number of esters is 1. The van der Waals surface area contributed by atoms with Crippen molar-refractivity contribution in [2.75, 3.05) is 6.61 Å². The smallest absolute Gasteiger partial charge is 0.341 e. The van der Waals surface area contributed by atoms with Crippen molar-refractivity contribution in [3.63, 3.8) is 0 Å². The molecule has 0 fully saturated rings. The Morgan fingerprint density at radius 3 is 2.67 bits per heavy atom. The van der Waals surface area contributed by atoms with Crippen LogP contribution in [0.15, 0.2) is 12.4 Å². The standard InChI is InChI=1S/C11H18N2O2/c1-11(2,3)5-6-15-10(14)9-7-12-13(4)8-9/h7-8H,5-6H2,1-4H3. The topological polar surface area (TPSA) is 44.1 Å². The summed E-state index contributed by atoms with van der Waals surface area (Å²) in [6, 6.07) is 0. The minimum Gasteiger partial charge on any atom is -0.462 e. The number of rotatable bonds is 3. The van der Waals surface area contributed by atoms with Crippen LogP contribution in [0, 0.1) is 5.41 Å². The summed E-state index contributed by atoms with van der Waals surface area (Å²) in [5, 5.41) is 3.91. The maximum atomic E-state index is 11.5. The summed E-state index contributed by atoms with van der Waals surface area (Å²) in [6.45, 7) is 6.80. The van der Waals surface area contributed by atoms with Crippen molar-refractivity contribution in [3.05, 3.63) is 18.0 Å². The molecule has 0 N–H and O–H groups in total. The van der Waals surface area contributed by atoms with Crippen LogP contribution in [-0.2, 0) is 11.8 Å². The van der Waals surface area contributed by atoms with Crippen molar-refractivity contribution < 1.29 is 9.53 Å². The number of aromatic nitrogens is 2. The predicted molar refractivity (Wildman–Crippen MR) is 57.6 cm³/mol. The second kappa shape index (κ2) is 4.47. The fourth-order valence-corrected chi connectivity index (χ4v) is 1.06. The molecule has 15 heavy (non-hydrogen) atoms. The minimum absolute atomic E-state index is 0.190. The van der Waals surface area contributed by atoms with Gasteiger partial charge in [-0.25, -0.2) is 4.79 Å². The molecule has 4 heteroatoms. The second-order valence-electron chi connectivity index (χ2n) is 4.85. The lowest BCUT2D eigenvalue weighted by Crippen LogP contribution is -2.12. The van der Waals surface area contributed by atoms with Gasteiger partial charge in [0.2, 0.25) is 0 Å². The van der Waals surface area contributed by atoms with Gasteiger partial charge in [0.15, 0.2) is 0 Å². The molecule has 1 aromatic rings. The maximum Gasteiger partial charge on any atom is 0.341 e. The lowest BCUT2D eigenvalue weighted by Gasteiger charge is -2.17. The average molecular weight is 210 g/mol. The molecule has 0 amide bonds. The summed E-state index contributed by atoms with van der Waals surface area (Å²) in [7, 11) is 1.77. The third kappa shape index (κ3) is 4.14. The van der Waals surface area contributed by atoms with E-state index >= 15 is 0 Å². The third-order valence-corrected chi connectivity index (χ3v) is 2.03. The lowest BCUT2D eigenvalue weighted by molar-refractivity contribution is 0.0465. The van der Waals surface area contributed by atoms with Crippen LogP contribution in [-0.4, -0.2) is 22.4 Å². The molecule has 0 unspecified atom stereocenters. The molecule has 0 spiro atoms.